The molecule has 8 heteroatoms. The van der Waals surface area contributed by atoms with Crippen LogP contribution in [0, 0.1) is 0 Å². The number of aliphatic hydroxyl groups excluding tert-OH is 1. The van der Waals surface area contributed by atoms with E-state index in [1.54, 1.807) is 30.2 Å². The molecule has 2 aliphatic heterocycles. The summed E-state index contributed by atoms with van der Waals surface area (Å²) in [5.74, 6) is 0.284. The quantitative estimate of drug-likeness (QED) is 0.165. The van der Waals surface area contributed by atoms with Crippen molar-refractivity contribution in [3.63, 3.8) is 0 Å². The van der Waals surface area contributed by atoms with Gasteiger partial charge >= 0.3 is 0 Å². The second-order valence-electron chi connectivity index (χ2n) is 11.0. The number of rotatable bonds is 12. The summed E-state index contributed by atoms with van der Waals surface area (Å²) in [5.41, 5.74) is 3.19. The Kier molecular flexibility index (Phi) is 9.36. The Morgan fingerprint density at radius 3 is 2.51 bits per heavy atom. The van der Waals surface area contributed by atoms with Crippen molar-refractivity contribution < 1.29 is 28.9 Å². The van der Waals surface area contributed by atoms with Crippen LogP contribution in [0.5, 0.6) is 17.2 Å². The highest BCUT2D eigenvalue weighted by atomic mass is 16.5. The lowest BCUT2D eigenvalue weighted by molar-refractivity contribution is -0.140. The monoisotopic (exact) mass is 584 g/mol. The van der Waals surface area contributed by atoms with E-state index in [4.69, 9.17) is 14.2 Å². The molecule has 3 aromatic rings. The van der Waals surface area contributed by atoms with E-state index < -0.39 is 17.7 Å². The van der Waals surface area contributed by atoms with E-state index in [0.29, 0.717) is 48.6 Å². The summed E-state index contributed by atoms with van der Waals surface area (Å²) >= 11 is 0. The number of Topliss-reactive ketones (excluding diaryl/α,β-unsaturated/α-hetero) is 1. The maximum Gasteiger partial charge on any atom is 0.295 e. The zero-order valence-electron chi connectivity index (χ0n) is 25.3. The number of nitrogens with zero attached hydrogens (tertiary/aromatic N) is 2. The Bertz CT molecular complexity index is 1500. The number of carbonyl (C=O) groups excluding carboxylic acids is 2. The van der Waals surface area contributed by atoms with Crippen molar-refractivity contribution in [2.45, 2.75) is 52.4 Å². The number of hydrogen-bond acceptors (Lipinski definition) is 7. The van der Waals surface area contributed by atoms with Crippen molar-refractivity contribution in [1.29, 1.82) is 0 Å². The molecule has 2 aliphatic rings. The van der Waals surface area contributed by atoms with E-state index in [-0.39, 0.29) is 17.4 Å². The molecule has 2 heterocycles. The smallest absolute Gasteiger partial charge is 0.295 e. The Balaban J connectivity index is 1.52. The van der Waals surface area contributed by atoms with Gasteiger partial charge in [0.05, 0.1) is 18.7 Å². The van der Waals surface area contributed by atoms with Gasteiger partial charge in [0.15, 0.2) is 11.5 Å². The summed E-state index contributed by atoms with van der Waals surface area (Å²) in [7, 11) is 1.56. The lowest BCUT2D eigenvalue weighted by atomic mass is 9.94. The number of benzene rings is 3. The first-order chi connectivity index (χ1) is 20.8. The number of ether oxygens (including phenoxy) is 3. The van der Waals surface area contributed by atoms with Gasteiger partial charge in [-0.25, -0.2) is 0 Å². The number of likely N-dealkylation sites (tertiary alicyclic amines) is 1. The predicted octanol–water partition coefficient (Wildman–Crippen LogP) is 5.75. The first-order valence-corrected chi connectivity index (χ1v) is 15.0. The van der Waals surface area contributed by atoms with Gasteiger partial charge in [-0.3, -0.25) is 9.59 Å². The molecule has 0 unspecified atom stereocenters. The molecule has 0 bridgehead atoms. The number of aliphatic hydroxyl groups is 1. The van der Waals surface area contributed by atoms with Gasteiger partial charge in [0.1, 0.15) is 24.2 Å². The molecule has 0 aliphatic carbocycles. The number of hydrogen-bond donors (Lipinski definition) is 1. The molecule has 5 rings (SSSR count). The minimum atomic E-state index is -0.780. The number of fused-ring (bicyclic) bond motifs is 1. The van der Waals surface area contributed by atoms with Crippen LogP contribution in [-0.4, -0.2) is 66.0 Å². The molecule has 1 amide bonds. The molecule has 0 aromatic heterocycles. The summed E-state index contributed by atoms with van der Waals surface area (Å²) in [4.78, 5) is 31.0. The van der Waals surface area contributed by atoms with E-state index >= 15 is 0 Å². The van der Waals surface area contributed by atoms with E-state index in [2.05, 4.69) is 18.7 Å². The summed E-state index contributed by atoms with van der Waals surface area (Å²) in [5, 5.41) is 11.6. The average Bonchev–Trinajstić information content (AvgIpc) is 3.53. The van der Waals surface area contributed by atoms with Gasteiger partial charge < -0.3 is 29.1 Å². The number of amides is 1. The lowest BCUT2D eigenvalue weighted by Crippen LogP contribution is -2.33. The van der Waals surface area contributed by atoms with Crippen LogP contribution in [0.25, 0.3) is 5.76 Å². The molecular formula is C35H40N2O6. The number of methoxy groups -OCH3 is 1. The van der Waals surface area contributed by atoms with Crippen molar-refractivity contribution in [1.82, 2.24) is 9.80 Å². The summed E-state index contributed by atoms with van der Waals surface area (Å²) in [6.07, 6.45) is 1.44. The van der Waals surface area contributed by atoms with Gasteiger partial charge in [-0.05, 0) is 80.0 Å². The van der Waals surface area contributed by atoms with Crippen LogP contribution in [0.4, 0.5) is 0 Å². The van der Waals surface area contributed by atoms with Crippen molar-refractivity contribution in [3.05, 3.63) is 94.6 Å². The Hall–Kier alpha value is -4.30. The predicted molar refractivity (Wildman–Crippen MR) is 165 cm³/mol. The Morgan fingerprint density at radius 2 is 1.79 bits per heavy atom. The highest BCUT2D eigenvalue weighted by Crippen LogP contribution is 2.43. The van der Waals surface area contributed by atoms with Crippen LogP contribution in [0.1, 0.15) is 55.5 Å². The molecule has 1 N–H and O–H groups in total. The van der Waals surface area contributed by atoms with Crippen molar-refractivity contribution >= 4 is 17.4 Å². The minimum absolute atomic E-state index is 0.0406. The fourth-order valence-corrected chi connectivity index (χ4v) is 5.90. The molecule has 2 atom stereocenters. The largest absolute Gasteiger partial charge is 0.507 e. The second kappa shape index (κ2) is 13.3. The van der Waals surface area contributed by atoms with E-state index in [0.717, 1.165) is 36.5 Å². The van der Waals surface area contributed by atoms with Crippen LogP contribution in [0.15, 0.2) is 72.3 Å². The van der Waals surface area contributed by atoms with Gasteiger partial charge in [-0.15, -0.1) is 0 Å². The number of carbonyl (C=O) groups is 2. The van der Waals surface area contributed by atoms with Gasteiger partial charge in [-0.2, -0.15) is 0 Å². The SMILES string of the molecule is CCN(CC)CCCN1C(=O)C(=O)/C(=C(/O)c2ccc3c(c2)C[C@H](C)O3)[C@H]1c1ccc(OCc2ccccc2)c(OC)c1. The lowest BCUT2D eigenvalue weighted by Gasteiger charge is -2.27. The second-order valence-corrected chi connectivity index (χ2v) is 11.0. The van der Waals surface area contributed by atoms with Crippen molar-refractivity contribution in [3.8, 4) is 17.2 Å². The molecule has 0 radical (unpaired) electrons. The summed E-state index contributed by atoms with van der Waals surface area (Å²) < 4.78 is 17.6. The summed E-state index contributed by atoms with van der Waals surface area (Å²) in [6, 6.07) is 19.9. The maximum absolute atomic E-state index is 13.6. The zero-order valence-corrected chi connectivity index (χ0v) is 25.3. The van der Waals surface area contributed by atoms with Crippen LogP contribution >= 0.6 is 0 Å². The summed E-state index contributed by atoms with van der Waals surface area (Å²) in [6.45, 7) is 9.53. The van der Waals surface area contributed by atoms with Gasteiger partial charge in [-0.1, -0.05) is 50.2 Å². The third-order valence-corrected chi connectivity index (χ3v) is 8.22. The highest BCUT2D eigenvalue weighted by molar-refractivity contribution is 6.46. The molecular weight excluding hydrogens is 544 g/mol. The Labute approximate surface area is 253 Å². The van der Waals surface area contributed by atoms with Crippen molar-refractivity contribution in [2.24, 2.45) is 0 Å². The van der Waals surface area contributed by atoms with Gasteiger partial charge in [0.2, 0.25) is 0 Å². The topological polar surface area (TPSA) is 88.5 Å². The van der Waals surface area contributed by atoms with Crippen LogP contribution in [0.2, 0.25) is 0 Å². The van der Waals surface area contributed by atoms with E-state index in [9.17, 15) is 14.7 Å². The molecule has 43 heavy (non-hydrogen) atoms. The molecule has 1 saturated heterocycles. The zero-order chi connectivity index (χ0) is 30.5. The maximum atomic E-state index is 13.6. The molecule has 8 nitrogen and oxygen atoms in total. The first-order valence-electron chi connectivity index (χ1n) is 15.0. The Morgan fingerprint density at radius 1 is 1.02 bits per heavy atom. The molecule has 1 fully saturated rings. The van der Waals surface area contributed by atoms with Crippen LogP contribution < -0.4 is 14.2 Å². The third-order valence-electron chi connectivity index (χ3n) is 8.22. The van der Waals surface area contributed by atoms with Gasteiger partial charge in [0.25, 0.3) is 11.7 Å². The first kappa shape index (κ1) is 30.2. The molecule has 3 aromatic carbocycles. The van der Waals surface area contributed by atoms with E-state index in [1.807, 2.05) is 55.5 Å². The average molecular weight is 585 g/mol. The fraction of sp³-hybridized carbons (Fsp3) is 0.371. The van der Waals surface area contributed by atoms with Crippen LogP contribution in [-0.2, 0) is 22.6 Å². The standard InChI is InChI=1S/C35H40N2O6/c1-5-36(6-2)17-10-18-37-32(25-13-16-29(30(21-25)41-4)42-22-24-11-8-7-9-12-24)31(34(39)35(37)40)33(38)26-14-15-28-27(20-26)19-23(3)43-28/h7-9,11-16,20-21,23,32,38H,5-6,10,17-19,22H2,1-4H3/b33-31+/t23-,32+/m0/s1. The van der Waals surface area contributed by atoms with E-state index in [1.165, 1.54) is 0 Å². The molecule has 226 valence electrons. The van der Waals surface area contributed by atoms with Gasteiger partial charge in [0, 0.05) is 18.5 Å². The normalized spacial score (nSPS) is 19.0. The molecule has 0 saturated carbocycles. The molecule has 0 spiro atoms. The number of ketones is 1. The highest BCUT2D eigenvalue weighted by Gasteiger charge is 2.46. The third kappa shape index (κ3) is 6.39. The fourth-order valence-electron chi connectivity index (χ4n) is 5.90. The van der Waals surface area contributed by atoms with Crippen molar-refractivity contribution in [2.75, 3.05) is 33.3 Å². The van der Waals surface area contributed by atoms with Crippen LogP contribution in [0.3, 0.4) is 0 Å². The minimum Gasteiger partial charge on any atom is -0.507 e.